The molecule has 2 atom stereocenters. The molecule has 0 saturated carbocycles. The number of piperidine rings is 1. The number of nitrogens with one attached hydrogen (secondary N) is 1. The van der Waals surface area contributed by atoms with Crippen molar-refractivity contribution in [1.29, 1.82) is 0 Å². The molecule has 110 valence electrons. The van der Waals surface area contributed by atoms with Gasteiger partial charge in [0.25, 0.3) is 0 Å². The van der Waals surface area contributed by atoms with E-state index in [-0.39, 0.29) is 24.8 Å². The van der Waals surface area contributed by atoms with E-state index in [1.165, 1.54) is 58.4 Å². The molecule has 2 aliphatic rings. The standard InChI is InChI=1S/C13H27N3.2ClH/c1-13(5-7-15-10-13)11-16-8-2-3-12(9-16)4-6-14;;/h12,15H,2-11,14H2,1H3;2*1H. The van der Waals surface area contributed by atoms with E-state index in [2.05, 4.69) is 17.1 Å². The number of nitrogens with two attached hydrogens (primary N) is 1. The van der Waals surface area contributed by atoms with Gasteiger partial charge in [-0.2, -0.15) is 0 Å². The van der Waals surface area contributed by atoms with Crippen LogP contribution in [-0.4, -0.2) is 44.2 Å². The fraction of sp³-hybridized carbons (Fsp3) is 1.00. The molecule has 2 rings (SSSR count). The van der Waals surface area contributed by atoms with Gasteiger partial charge in [-0.25, -0.2) is 0 Å². The van der Waals surface area contributed by atoms with Crippen molar-refractivity contribution in [2.45, 2.75) is 32.6 Å². The molecule has 0 radical (unpaired) electrons. The largest absolute Gasteiger partial charge is 0.330 e. The Bertz CT molecular complexity index is 218. The van der Waals surface area contributed by atoms with Crippen LogP contribution in [0.5, 0.6) is 0 Å². The van der Waals surface area contributed by atoms with Crippen LogP contribution in [0.3, 0.4) is 0 Å². The van der Waals surface area contributed by atoms with Gasteiger partial charge in [-0.05, 0) is 56.7 Å². The summed E-state index contributed by atoms with van der Waals surface area (Å²) in [7, 11) is 0. The Hall–Kier alpha value is 0.460. The Morgan fingerprint density at radius 2 is 2.17 bits per heavy atom. The molecule has 0 spiro atoms. The Labute approximate surface area is 124 Å². The second-order valence-electron chi connectivity index (χ2n) is 6.06. The van der Waals surface area contributed by atoms with E-state index >= 15 is 0 Å². The van der Waals surface area contributed by atoms with E-state index in [0.29, 0.717) is 5.41 Å². The predicted molar refractivity (Wildman–Crippen MR) is 82.9 cm³/mol. The van der Waals surface area contributed by atoms with E-state index in [1.54, 1.807) is 0 Å². The lowest BCUT2D eigenvalue weighted by Gasteiger charge is -2.37. The van der Waals surface area contributed by atoms with Crippen molar-refractivity contribution in [3.05, 3.63) is 0 Å². The van der Waals surface area contributed by atoms with E-state index in [9.17, 15) is 0 Å². The van der Waals surface area contributed by atoms with Crippen LogP contribution in [-0.2, 0) is 0 Å². The quantitative estimate of drug-likeness (QED) is 0.833. The van der Waals surface area contributed by atoms with Gasteiger partial charge in [0.15, 0.2) is 0 Å². The van der Waals surface area contributed by atoms with Gasteiger partial charge in [0, 0.05) is 19.6 Å². The number of halogens is 2. The van der Waals surface area contributed by atoms with Crippen molar-refractivity contribution in [2.24, 2.45) is 17.1 Å². The molecule has 2 unspecified atom stereocenters. The molecule has 18 heavy (non-hydrogen) atoms. The van der Waals surface area contributed by atoms with Crippen LogP contribution < -0.4 is 11.1 Å². The average Bonchev–Trinajstić information content (AvgIpc) is 2.66. The van der Waals surface area contributed by atoms with Crippen molar-refractivity contribution in [3.8, 4) is 0 Å². The minimum Gasteiger partial charge on any atom is -0.330 e. The maximum Gasteiger partial charge on any atom is 0.00481 e. The second-order valence-corrected chi connectivity index (χ2v) is 6.06. The third-order valence-corrected chi connectivity index (χ3v) is 4.24. The van der Waals surface area contributed by atoms with Crippen LogP contribution in [0.2, 0.25) is 0 Å². The van der Waals surface area contributed by atoms with Gasteiger partial charge < -0.3 is 16.0 Å². The van der Waals surface area contributed by atoms with E-state index in [1.807, 2.05) is 0 Å². The van der Waals surface area contributed by atoms with E-state index in [4.69, 9.17) is 5.73 Å². The number of likely N-dealkylation sites (tertiary alicyclic amines) is 1. The Balaban J connectivity index is 0.00000144. The SMILES string of the molecule is CC1(CN2CCCC(CCN)C2)CCNC1.Cl.Cl. The van der Waals surface area contributed by atoms with Gasteiger partial charge in [-0.1, -0.05) is 6.92 Å². The molecule has 0 amide bonds. The van der Waals surface area contributed by atoms with Crippen LogP contribution in [0.25, 0.3) is 0 Å². The van der Waals surface area contributed by atoms with Crippen molar-refractivity contribution in [1.82, 2.24) is 10.2 Å². The molecule has 5 heteroatoms. The lowest BCUT2D eigenvalue weighted by molar-refractivity contribution is 0.118. The number of hydrogen-bond acceptors (Lipinski definition) is 3. The smallest absolute Gasteiger partial charge is 0.00481 e. The van der Waals surface area contributed by atoms with Crippen LogP contribution >= 0.6 is 24.8 Å². The number of nitrogens with zero attached hydrogens (tertiary/aromatic N) is 1. The van der Waals surface area contributed by atoms with Gasteiger partial charge in [0.05, 0.1) is 0 Å². The molecular formula is C13H29Cl2N3. The molecular weight excluding hydrogens is 269 g/mol. The number of rotatable bonds is 4. The number of hydrogen-bond donors (Lipinski definition) is 2. The third kappa shape index (κ3) is 5.22. The highest BCUT2D eigenvalue weighted by Gasteiger charge is 2.32. The topological polar surface area (TPSA) is 41.3 Å². The first-order valence-electron chi connectivity index (χ1n) is 6.85. The Morgan fingerprint density at radius 1 is 1.39 bits per heavy atom. The fourth-order valence-electron chi connectivity index (χ4n) is 3.31. The molecule has 2 fully saturated rings. The third-order valence-electron chi connectivity index (χ3n) is 4.24. The molecule has 0 aromatic rings. The average molecular weight is 298 g/mol. The summed E-state index contributed by atoms with van der Waals surface area (Å²) in [5, 5.41) is 3.49. The summed E-state index contributed by atoms with van der Waals surface area (Å²) in [5.74, 6) is 0.858. The van der Waals surface area contributed by atoms with Gasteiger partial charge in [-0.3, -0.25) is 0 Å². The first kappa shape index (κ1) is 18.5. The molecule has 0 aromatic heterocycles. The van der Waals surface area contributed by atoms with Gasteiger partial charge in [-0.15, -0.1) is 24.8 Å². The minimum atomic E-state index is 0. The first-order valence-corrected chi connectivity index (χ1v) is 6.85. The highest BCUT2D eigenvalue weighted by Crippen LogP contribution is 2.28. The maximum absolute atomic E-state index is 5.67. The van der Waals surface area contributed by atoms with Gasteiger partial charge >= 0.3 is 0 Å². The van der Waals surface area contributed by atoms with Crippen LogP contribution in [0.15, 0.2) is 0 Å². The molecule has 0 aromatic carbocycles. The van der Waals surface area contributed by atoms with Crippen LogP contribution in [0.4, 0.5) is 0 Å². The summed E-state index contributed by atoms with van der Waals surface area (Å²) < 4.78 is 0. The highest BCUT2D eigenvalue weighted by molar-refractivity contribution is 5.85. The zero-order valence-electron chi connectivity index (χ0n) is 11.5. The second kappa shape index (κ2) is 8.60. The zero-order valence-corrected chi connectivity index (χ0v) is 13.1. The summed E-state index contributed by atoms with van der Waals surface area (Å²) in [6, 6.07) is 0. The lowest BCUT2D eigenvalue weighted by Crippen LogP contribution is -2.43. The summed E-state index contributed by atoms with van der Waals surface area (Å²) >= 11 is 0. The monoisotopic (exact) mass is 297 g/mol. The van der Waals surface area contributed by atoms with Gasteiger partial charge in [0.2, 0.25) is 0 Å². The normalized spacial score (nSPS) is 32.7. The first-order chi connectivity index (χ1) is 7.72. The van der Waals surface area contributed by atoms with Crippen LogP contribution in [0, 0.1) is 11.3 Å². The van der Waals surface area contributed by atoms with Crippen molar-refractivity contribution >= 4 is 24.8 Å². The zero-order chi connectivity index (χ0) is 11.4. The lowest BCUT2D eigenvalue weighted by atomic mass is 9.87. The van der Waals surface area contributed by atoms with Crippen molar-refractivity contribution in [2.75, 3.05) is 39.3 Å². The molecule has 0 bridgehead atoms. The Morgan fingerprint density at radius 3 is 2.78 bits per heavy atom. The fourth-order valence-corrected chi connectivity index (χ4v) is 3.31. The van der Waals surface area contributed by atoms with E-state index < -0.39 is 0 Å². The maximum atomic E-state index is 5.67. The molecule has 3 nitrogen and oxygen atoms in total. The summed E-state index contributed by atoms with van der Waals surface area (Å²) in [6.07, 6.45) is 5.31. The molecule has 2 heterocycles. The summed E-state index contributed by atoms with van der Waals surface area (Å²) in [5.41, 5.74) is 6.18. The van der Waals surface area contributed by atoms with Gasteiger partial charge in [0.1, 0.15) is 0 Å². The minimum absolute atomic E-state index is 0. The summed E-state index contributed by atoms with van der Waals surface area (Å²) in [4.78, 5) is 2.68. The van der Waals surface area contributed by atoms with Crippen LogP contribution in [0.1, 0.15) is 32.6 Å². The Kier molecular flexibility index (Phi) is 8.81. The van der Waals surface area contributed by atoms with Crippen molar-refractivity contribution in [3.63, 3.8) is 0 Å². The highest BCUT2D eigenvalue weighted by atomic mass is 35.5. The molecule has 3 N–H and O–H groups in total. The molecule has 2 saturated heterocycles. The predicted octanol–water partition coefficient (Wildman–Crippen LogP) is 1.89. The summed E-state index contributed by atoms with van der Waals surface area (Å²) in [6.45, 7) is 9.56. The van der Waals surface area contributed by atoms with Crippen molar-refractivity contribution < 1.29 is 0 Å². The molecule has 2 aliphatic heterocycles. The van der Waals surface area contributed by atoms with E-state index in [0.717, 1.165) is 12.5 Å². The molecule has 0 aliphatic carbocycles.